The Hall–Kier alpha value is -1.08. The van der Waals surface area contributed by atoms with Gasteiger partial charge >= 0.3 is 5.97 Å². The quantitative estimate of drug-likeness (QED) is 0.736. The zero-order valence-corrected chi connectivity index (χ0v) is 14.4. The van der Waals surface area contributed by atoms with Crippen LogP contribution < -0.4 is 4.74 Å². The standard InChI is InChI=1S/C14H15Br2NO4/c15-9-1-4-12(11(16)7-9)21-8-13(18)17(10-2-3-10)6-5-14(19)20/h1,4,7,10H,2-3,5-6,8H2,(H,19,20). The third-order valence-electron chi connectivity index (χ3n) is 3.12. The molecule has 5 nitrogen and oxygen atoms in total. The van der Waals surface area contributed by atoms with Crippen molar-refractivity contribution in [3.63, 3.8) is 0 Å². The minimum atomic E-state index is -0.898. The molecule has 0 radical (unpaired) electrons. The highest BCUT2D eigenvalue weighted by Crippen LogP contribution is 2.29. The molecule has 21 heavy (non-hydrogen) atoms. The Bertz CT molecular complexity index is 546. The van der Waals surface area contributed by atoms with Crippen molar-refractivity contribution in [2.45, 2.75) is 25.3 Å². The lowest BCUT2D eigenvalue weighted by atomic mass is 10.3. The maximum atomic E-state index is 12.2. The molecule has 0 aromatic heterocycles. The van der Waals surface area contributed by atoms with Crippen molar-refractivity contribution >= 4 is 43.7 Å². The molecule has 1 fully saturated rings. The second-order valence-electron chi connectivity index (χ2n) is 4.83. The van der Waals surface area contributed by atoms with Crippen molar-refractivity contribution in [3.05, 3.63) is 27.1 Å². The zero-order chi connectivity index (χ0) is 15.4. The number of ether oxygens (including phenoxy) is 1. The van der Waals surface area contributed by atoms with Gasteiger partial charge in [-0.1, -0.05) is 15.9 Å². The number of carbonyl (C=O) groups excluding carboxylic acids is 1. The summed E-state index contributed by atoms with van der Waals surface area (Å²) in [7, 11) is 0. The highest BCUT2D eigenvalue weighted by Gasteiger charge is 2.32. The smallest absolute Gasteiger partial charge is 0.305 e. The second-order valence-corrected chi connectivity index (χ2v) is 6.60. The first kappa shape index (κ1) is 16.3. The van der Waals surface area contributed by atoms with E-state index in [1.54, 1.807) is 11.0 Å². The van der Waals surface area contributed by atoms with Crippen LogP contribution in [0.15, 0.2) is 27.1 Å². The summed E-state index contributed by atoms with van der Waals surface area (Å²) >= 11 is 6.71. The van der Waals surface area contributed by atoms with Gasteiger partial charge in [-0.15, -0.1) is 0 Å². The van der Waals surface area contributed by atoms with Gasteiger partial charge in [-0.2, -0.15) is 0 Å². The van der Waals surface area contributed by atoms with Crippen LogP contribution in [0, 0.1) is 0 Å². The Labute approximate surface area is 139 Å². The maximum Gasteiger partial charge on any atom is 0.305 e. The van der Waals surface area contributed by atoms with Gasteiger partial charge in [-0.05, 0) is 47.0 Å². The third-order valence-corrected chi connectivity index (χ3v) is 4.23. The monoisotopic (exact) mass is 419 g/mol. The average molecular weight is 421 g/mol. The normalized spacial score (nSPS) is 13.8. The van der Waals surface area contributed by atoms with Crippen LogP contribution in [-0.2, 0) is 9.59 Å². The van der Waals surface area contributed by atoms with Gasteiger partial charge in [0.05, 0.1) is 10.9 Å². The number of carboxylic acid groups (broad SMARTS) is 1. The number of carbonyl (C=O) groups is 2. The number of nitrogens with zero attached hydrogens (tertiary/aromatic N) is 1. The lowest BCUT2D eigenvalue weighted by molar-refractivity contribution is -0.139. The van der Waals surface area contributed by atoms with E-state index in [0.717, 1.165) is 21.8 Å². The van der Waals surface area contributed by atoms with Crippen LogP contribution >= 0.6 is 31.9 Å². The van der Waals surface area contributed by atoms with Gasteiger partial charge < -0.3 is 14.7 Å². The number of carboxylic acids is 1. The predicted octanol–water partition coefficient (Wildman–Crippen LogP) is 3.06. The summed E-state index contributed by atoms with van der Waals surface area (Å²) in [5.74, 6) is -0.487. The van der Waals surface area contributed by atoms with E-state index in [4.69, 9.17) is 9.84 Å². The van der Waals surface area contributed by atoms with E-state index in [2.05, 4.69) is 31.9 Å². The Morgan fingerprint density at radius 1 is 1.33 bits per heavy atom. The molecule has 1 aromatic carbocycles. The topological polar surface area (TPSA) is 66.8 Å². The maximum absolute atomic E-state index is 12.2. The summed E-state index contributed by atoms with van der Waals surface area (Å²) in [5.41, 5.74) is 0. The molecule has 0 aliphatic heterocycles. The summed E-state index contributed by atoms with van der Waals surface area (Å²) in [6.07, 6.45) is 1.84. The van der Waals surface area contributed by atoms with E-state index in [-0.39, 0.29) is 31.5 Å². The van der Waals surface area contributed by atoms with Gasteiger partial charge in [0.15, 0.2) is 6.61 Å². The Morgan fingerprint density at radius 2 is 2.05 bits per heavy atom. The van der Waals surface area contributed by atoms with E-state index >= 15 is 0 Å². The largest absolute Gasteiger partial charge is 0.483 e. The van der Waals surface area contributed by atoms with E-state index in [9.17, 15) is 9.59 Å². The molecule has 1 aliphatic carbocycles. The Kier molecular flexibility index (Phi) is 5.64. The lowest BCUT2D eigenvalue weighted by Gasteiger charge is -2.21. The van der Waals surface area contributed by atoms with Crippen LogP contribution in [0.5, 0.6) is 5.75 Å². The number of benzene rings is 1. The van der Waals surface area contributed by atoms with Crippen molar-refractivity contribution in [1.29, 1.82) is 0 Å². The van der Waals surface area contributed by atoms with Crippen LogP contribution in [0.4, 0.5) is 0 Å². The first-order valence-electron chi connectivity index (χ1n) is 6.56. The molecule has 0 unspecified atom stereocenters. The van der Waals surface area contributed by atoms with Gasteiger partial charge in [0.2, 0.25) is 0 Å². The number of aliphatic carboxylic acids is 1. The lowest BCUT2D eigenvalue weighted by Crippen LogP contribution is -2.38. The number of halogens is 2. The number of hydrogen-bond donors (Lipinski definition) is 1. The van der Waals surface area contributed by atoms with Crippen molar-refractivity contribution in [3.8, 4) is 5.75 Å². The third kappa shape index (κ3) is 5.00. The first-order chi connectivity index (χ1) is 9.97. The summed E-state index contributed by atoms with van der Waals surface area (Å²) in [5, 5.41) is 8.74. The number of amides is 1. The van der Waals surface area contributed by atoms with Crippen LogP contribution in [0.3, 0.4) is 0 Å². The fourth-order valence-electron chi connectivity index (χ4n) is 1.93. The van der Waals surface area contributed by atoms with Gasteiger partial charge in [0.1, 0.15) is 5.75 Å². The van der Waals surface area contributed by atoms with Gasteiger partial charge in [-0.25, -0.2) is 0 Å². The SMILES string of the molecule is O=C(O)CCN(C(=O)COc1ccc(Br)cc1Br)C1CC1. The molecule has 0 heterocycles. The molecule has 1 saturated carbocycles. The minimum Gasteiger partial charge on any atom is -0.483 e. The fraction of sp³-hybridized carbons (Fsp3) is 0.429. The van der Waals surface area contributed by atoms with Crippen molar-refractivity contribution < 1.29 is 19.4 Å². The Morgan fingerprint density at radius 3 is 2.62 bits per heavy atom. The molecule has 7 heteroatoms. The van der Waals surface area contributed by atoms with E-state index in [1.165, 1.54) is 0 Å². The zero-order valence-electron chi connectivity index (χ0n) is 11.2. The summed E-state index contributed by atoms with van der Waals surface area (Å²) < 4.78 is 7.18. The second kappa shape index (κ2) is 7.26. The van der Waals surface area contributed by atoms with Gasteiger partial charge in [0, 0.05) is 17.1 Å². The molecule has 2 rings (SSSR count). The van der Waals surface area contributed by atoms with E-state index in [0.29, 0.717) is 5.75 Å². The van der Waals surface area contributed by atoms with E-state index in [1.807, 2.05) is 12.1 Å². The fourth-order valence-corrected chi connectivity index (χ4v) is 3.09. The molecular formula is C14H15Br2NO4. The first-order valence-corrected chi connectivity index (χ1v) is 8.15. The Balaban J connectivity index is 1.91. The molecule has 114 valence electrons. The highest BCUT2D eigenvalue weighted by molar-refractivity contribution is 9.11. The molecule has 0 saturated heterocycles. The summed E-state index contributed by atoms with van der Waals surface area (Å²) in [6.45, 7) is 0.153. The van der Waals surface area contributed by atoms with Crippen molar-refractivity contribution in [2.24, 2.45) is 0 Å². The average Bonchev–Trinajstić information content (AvgIpc) is 3.22. The minimum absolute atomic E-state index is 0.0375. The summed E-state index contributed by atoms with van der Waals surface area (Å²) in [6, 6.07) is 5.60. The molecule has 0 bridgehead atoms. The van der Waals surface area contributed by atoms with Crippen molar-refractivity contribution in [1.82, 2.24) is 4.90 Å². The molecule has 1 amide bonds. The predicted molar refractivity (Wildman–Crippen MR) is 84.3 cm³/mol. The number of hydrogen-bond acceptors (Lipinski definition) is 3. The van der Waals surface area contributed by atoms with Crippen LogP contribution in [0.1, 0.15) is 19.3 Å². The van der Waals surface area contributed by atoms with Gasteiger partial charge in [0.25, 0.3) is 5.91 Å². The molecule has 1 aromatic rings. The van der Waals surface area contributed by atoms with Crippen LogP contribution in [-0.4, -0.2) is 41.1 Å². The summed E-state index contributed by atoms with van der Waals surface area (Å²) in [4.78, 5) is 24.4. The van der Waals surface area contributed by atoms with E-state index < -0.39 is 5.97 Å². The molecular weight excluding hydrogens is 406 g/mol. The highest BCUT2D eigenvalue weighted by atomic mass is 79.9. The molecule has 1 aliphatic rings. The number of rotatable bonds is 7. The van der Waals surface area contributed by atoms with Gasteiger partial charge in [-0.3, -0.25) is 9.59 Å². The molecule has 0 atom stereocenters. The molecule has 0 spiro atoms. The van der Waals surface area contributed by atoms with Crippen molar-refractivity contribution in [2.75, 3.05) is 13.2 Å². The molecule has 1 N–H and O–H groups in total. The van der Waals surface area contributed by atoms with Crippen LogP contribution in [0.25, 0.3) is 0 Å². The van der Waals surface area contributed by atoms with Crippen LogP contribution in [0.2, 0.25) is 0 Å².